The fraction of sp³-hybridized carbons (Fsp3) is 1.00. The molecule has 1 aliphatic rings. The molecule has 0 nitrogen and oxygen atoms in total. The minimum Gasteiger partial charge on any atom is -0.0864 e. The van der Waals surface area contributed by atoms with Crippen LogP contribution >= 0.6 is 22.6 Å². The van der Waals surface area contributed by atoms with Crippen LogP contribution < -0.4 is 0 Å². The quantitative estimate of drug-likeness (QED) is 0.531. The summed E-state index contributed by atoms with van der Waals surface area (Å²) < 4.78 is 1.36. The van der Waals surface area contributed by atoms with Crippen LogP contribution in [0, 0.1) is 11.8 Å². The summed E-state index contributed by atoms with van der Waals surface area (Å²) in [5.74, 6) is 2.16. The molecule has 0 spiro atoms. The lowest BCUT2D eigenvalue weighted by atomic mass is 9.92. The van der Waals surface area contributed by atoms with Gasteiger partial charge in [-0.3, -0.25) is 0 Å². The maximum absolute atomic E-state index is 2.50. The molecule has 0 aliphatic heterocycles. The van der Waals surface area contributed by atoms with Gasteiger partial charge in [0.25, 0.3) is 0 Å². The Kier molecular flexibility index (Phi) is 4.04. The second-order valence-corrected chi connectivity index (χ2v) is 4.42. The zero-order valence-corrected chi connectivity index (χ0v) is 8.93. The van der Waals surface area contributed by atoms with E-state index in [1.165, 1.54) is 36.5 Å². The van der Waals surface area contributed by atoms with Crippen molar-refractivity contribution in [3.63, 3.8) is 0 Å². The van der Waals surface area contributed by atoms with Gasteiger partial charge < -0.3 is 0 Å². The molecule has 0 aromatic carbocycles. The normalized spacial score (nSPS) is 33.0. The van der Waals surface area contributed by atoms with Crippen molar-refractivity contribution in [1.82, 2.24) is 0 Å². The third-order valence-corrected chi connectivity index (χ3v) is 3.44. The Morgan fingerprint density at radius 1 is 1.30 bits per heavy atom. The van der Waals surface area contributed by atoms with Crippen molar-refractivity contribution in [1.29, 1.82) is 0 Å². The Morgan fingerprint density at radius 3 is 2.60 bits per heavy atom. The maximum Gasteiger partial charge on any atom is -0.000199 e. The zero-order valence-electron chi connectivity index (χ0n) is 6.78. The highest BCUT2D eigenvalue weighted by Crippen LogP contribution is 2.36. The third-order valence-electron chi connectivity index (χ3n) is 2.82. The van der Waals surface area contributed by atoms with Crippen molar-refractivity contribution in [3.8, 4) is 0 Å². The molecule has 0 radical (unpaired) electrons. The fourth-order valence-corrected chi connectivity index (χ4v) is 2.97. The summed E-state index contributed by atoms with van der Waals surface area (Å²) in [6, 6.07) is 0. The molecular weight excluding hydrogens is 235 g/mol. The molecule has 60 valence electrons. The molecule has 0 amide bonds. The Hall–Kier alpha value is 0.730. The molecule has 0 aromatic rings. The van der Waals surface area contributed by atoms with Gasteiger partial charge in [0, 0.05) is 0 Å². The fourth-order valence-electron chi connectivity index (χ4n) is 2.17. The molecule has 0 heterocycles. The lowest BCUT2D eigenvalue weighted by Gasteiger charge is -2.15. The summed E-state index contributed by atoms with van der Waals surface area (Å²) in [6.07, 6.45) is 7.42. The molecule has 10 heavy (non-hydrogen) atoms. The van der Waals surface area contributed by atoms with Gasteiger partial charge in [-0.15, -0.1) is 0 Å². The average molecular weight is 252 g/mol. The van der Waals surface area contributed by atoms with E-state index in [2.05, 4.69) is 29.5 Å². The molecule has 0 bridgehead atoms. The molecule has 2 unspecified atom stereocenters. The van der Waals surface area contributed by atoms with E-state index in [1.807, 2.05) is 0 Å². The lowest BCUT2D eigenvalue weighted by molar-refractivity contribution is 0.371. The summed E-state index contributed by atoms with van der Waals surface area (Å²) in [5, 5.41) is 0. The predicted octanol–water partition coefficient (Wildman–Crippen LogP) is 3.64. The molecular formula is C9H17I. The van der Waals surface area contributed by atoms with Crippen molar-refractivity contribution in [2.24, 2.45) is 11.8 Å². The molecule has 1 rings (SSSR count). The van der Waals surface area contributed by atoms with Gasteiger partial charge in [0.05, 0.1) is 0 Å². The van der Waals surface area contributed by atoms with Gasteiger partial charge in [-0.25, -0.2) is 0 Å². The average Bonchev–Trinajstić information content (AvgIpc) is 2.36. The third kappa shape index (κ3) is 2.11. The largest absolute Gasteiger partial charge is 0.0864 e. The summed E-state index contributed by atoms with van der Waals surface area (Å²) in [6.45, 7) is 2.34. The number of hydrogen-bond donors (Lipinski definition) is 0. The highest BCUT2D eigenvalue weighted by Gasteiger charge is 2.24. The first kappa shape index (κ1) is 8.82. The Labute approximate surface area is 77.9 Å². The zero-order chi connectivity index (χ0) is 7.40. The minimum atomic E-state index is 1.08. The highest BCUT2D eigenvalue weighted by atomic mass is 127. The van der Waals surface area contributed by atoms with E-state index >= 15 is 0 Å². The molecule has 2 atom stereocenters. The van der Waals surface area contributed by atoms with E-state index in [0.29, 0.717) is 0 Å². The van der Waals surface area contributed by atoms with Crippen molar-refractivity contribution in [3.05, 3.63) is 0 Å². The Bertz CT molecular complexity index is 90.7. The van der Waals surface area contributed by atoms with Gasteiger partial charge in [0.1, 0.15) is 0 Å². The van der Waals surface area contributed by atoms with E-state index in [4.69, 9.17) is 0 Å². The van der Waals surface area contributed by atoms with Crippen molar-refractivity contribution in [2.75, 3.05) is 4.43 Å². The summed E-state index contributed by atoms with van der Waals surface area (Å²) >= 11 is 2.50. The first-order chi connectivity index (χ1) is 4.88. The molecule has 0 N–H and O–H groups in total. The van der Waals surface area contributed by atoms with Crippen molar-refractivity contribution in [2.45, 2.75) is 39.0 Å². The van der Waals surface area contributed by atoms with E-state index < -0.39 is 0 Å². The van der Waals surface area contributed by atoms with Crippen molar-refractivity contribution >= 4 is 22.6 Å². The van der Waals surface area contributed by atoms with Gasteiger partial charge in [0.15, 0.2) is 0 Å². The summed E-state index contributed by atoms with van der Waals surface area (Å²) in [4.78, 5) is 0. The van der Waals surface area contributed by atoms with E-state index in [9.17, 15) is 0 Å². The van der Waals surface area contributed by atoms with Crippen LogP contribution in [-0.4, -0.2) is 4.43 Å². The molecule has 0 saturated heterocycles. The van der Waals surface area contributed by atoms with E-state index in [1.54, 1.807) is 0 Å². The van der Waals surface area contributed by atoms with Crippen molar-refractivity contribution < 1.29 is 0 Å². The van der Waals surface area contributed by atoms with Crippen LogP contribution in [0.5, 0.6) is 0 Å². The Morgan fingerprint density at radius 2 is 2.00 bits per heavy atom. The van der Waals surface area contributed by atoms with Crippen LogP contribution in [0.4, 0.5) is 0 Å². The Balaban J connectivity index is 2.27. The number of alkyl halides is 1. The second-order valence-electron chi connectivity index (χ2n) is 3.34. The number of hydrogen-bond acceptors (Lipinski definition) is 0. The molecule has 1 heteroatoms. The van der Waals surface area contributed by atoms with Gasteiger partial charge in [0.2, 0.25) is 0 Å². The first-order valence-corrected chi connectivity index (χ1v) is 5.97. The molecule has 1 aliphatic carbocycles. The van der Waals surface area contributed by atoms with Crippen LogP contribution in [0.3, 0.4) is 0 Å². The summed E-state index contributed by atoms with van der Waals surface area (Å²) in [7, 11) is 0. The van der Waals surface area contributed by atoms with Crippen LogP contribution in [0.25, 0.3) is 0 Å². The van der Waals surface area contributed by atoms with E-state index in [-0.39, 0.29) is 0 Å². The predicted molar refractivity (Wildman–Crippen MR) is 54.6 cm³/mol. The van der Waals surface area contributed by atoms with Gasteiger partial charge in [-0.05, 0) is 22.7 Å². The van der Waals surface area contributed by atoms with Gasteiger partial charge in [-0.2, -0.15) is 0 Å². The van der Waals surface area contributed by atoms with Crippen LogP contribution in [-0.2, 0) is 0 Å². The van der Waals surface area contributed by atoms with Gasteiger partial charge >= 0.3 is 0 Å². The monoisotopic (exact) mass is 252 g/mol. The number of rotatable bonds is 3. The standard InChI is InChI=1S/C9H17I/c1-2-8-4-3-5-9(8)6-7-10/h8-9H,2-7H2,1H3. The lowest BCUT2D eigenvalue weighted by Crippen LogP contribution is -2.06. The van der Waals surface area contributed by atoms with Crippen LogP contribution in [0.1, 0.15) is 39.0 Å². The summed E-state index contributed by atoms with van der Waals surface area (Å²) in [5.41, 5.74) is 0. The topological polar surface area (TPSA) is 0 Å². The molecule has 1 fully saturated rings. The number of halogens is 1. The SMILES string of the molecule is CCC1CCCC1CCI. The minimum absolute atomic E-state index is 1.08. The maximum atomic E-state index is 2.50. The van der Waals surface area contributed by atoms with Crippen LogP contribution in [0.2, 0.25) is 0 Å². The molecule has 1 saturated carbocycles. The van der Waals surface area contributed by atoms with Crippen LogP contribution in [0.15, 0.2) is 0 Å². The molecule has 0 aromatic heterocycles. The van der Waals surface area contributed by atoms with E-state index in [0.717, 1.165) is 11.8 Å². The van der Waals surface area contributed by atoms with Gasteiger partial charge in [-0.1, -0.05) is 55.2 Å². The second kappa shape index (κ2) is 4.58. The first-order valence-electron chi connectivity index (χ1n) is 4.44. The highest BCUT2D eigenvalue weighted by molar-refractivity contribution is 14.1. The smallest absolute Gasteiger partial charge is 0.000199 e.